The summed E-state index contributed by atoms with van der Waals surface area (Å²) >= 11 is 0. The SMILES string of the molecule is c1ccc2c(c1)OCCC2CNc1ncnc2ccccc12. The molecular weight excluding hydrogens is 274 g/mol. The average Bonchev–Trinajstić information content (AvgIpc) is 2.60. The second-order valence-electron chi connectivity index (χ2n) is 5.49. The summed E-state index contributed by atoms with van der Waals surface area (Å²) in [7, 11) is 0. The van der Waals surface area contributed by atoms with Crippen LogP contribution in [0.25, 0.3) is 10.9 Å². The molecule has 1 aliphatic rings. The minimum Gasteiger partial charge on any atom is -0.493 e. The van der Waals surface area contributed by atoms with Crippen molar-refractivity contribution >= 4 is 16.7 Å². The molecule has 0 saturated heterocycles. The molecule has 0 saturated carbocycles. The minimum atomic E-state index is 0.443. The Hall–Kier alpha value is -2.62. The maximum absolute atomic E-state index is 5.72. The number of benzene rings is 2. The van der Waals surface area contributed by atoms with E-state index in [1.807, 2.05) is 30.3 Å². The zero-order valence-corrected chi connectivity index (χ0v) is 12.2. The van der Waals surface area contributed by atoms with Gasteiger partial charge in [-0.25, -0.2) is 9.97 Å². The molecule has 4 nitrogen and oxygen atoms in total. The first-order valence-corrected chi connectivity index (χ1v) is 7.57. The van der Waals surface area contributed by atoms with Gasteiger partial charge in [0.05, 0.1) is 12.1 Å². The predicted octanol–water partition coefficient (Wildman–Crippen LogP) is 3.61. The van der Waals surface area contributed by atoms with Crippen molar-refractivity contribution in [2.24, 2.45) is 0 Å². The first-order chi connectivity index (χ1) is 10.9. The van der Waals surface area contributed by atoms with Crippen LogP contribution in [0.4, 0.5) is 5.82 Å². The van der Waals surface area contributed by atoms with E-state index in [0.717, 1.165) is 42.0 Å². The molecule has 0 radical (unpaired) electrons. The van der Waals surface area contributed by atoms with Crippen LogP contribution in [0.5, 0.6) is 5.75 Å². The van der Waals surface area contributed by atoms with Crippen LogP contribution >= 0.6 is 0 Å². The second kappa shape index (κ2) is 5.64. The Balaban J connectivity index is 1.58. The summed E-state index contributed by atoms with van der Waals surface area (Å²) in [5, 5.41) is 4.55. The van der Waals surface area contributed by atoms with Gasteiger partial charge in [-0.15, -0.1) is 0 Å². The van der Waals surface area contributed by atoms with Crippen LogP contribution in [0.2, 0.25) is 0 Å². The molecule has 0 amide bonds. The van der Waals surface area contributed by atoms with Gasteiger partial charge in [0.2, 0.25) is 0 Å². The largest absolute Gasteiger partial charge is 0.493 e. The van der Waals surface area contributed by atoms with E-state index in [2.05, 4.69) is 33.5 Å². The van der Waals surface area contributed by atoms with Crippen molar-refractivity contribution in [2.45, 2.75) is 12.3 Å². The summed E-state index contributed by atoms with van der Waals surface area (Å²) in [5.74, 6) is 2.35. The molecule has 110 valence electrons. The third kappa shape index (κ3) is 2.37. The van der Waals surface area contributed by atoms with E-state index in [-0.39, 0.29) is 0 Å². The van der Waals surface area contributed by atoms with E-state index < -0.39 is 0 Å². The van der Waals surface area contributed by atoms with Crippen molar-refractivity contribution in [3.63, 3.8) is 0 Å². The number of hydrogen-bond donors (Lipinski definition) is 1. The van der Waals surface area contributed by atoms with Gasteiger partial charge in [0.15, 0.2) is 0 Å². The van der Waals surface area contributed by atoms with Crippen molar-refractivity contribution in [1.82, 2.24) is 9.97 Å². The summed E-state index contributed by atoms with van der Waals surface area (Å²) in [6, 6.07) is 16.4. The Morgan fingerprint density at radius 1 is 1.05 bits per heavy atom. The number of anilines is 1. The number of ether oxygens (including phenoxy) is 1. The highest BCUT2D eigenvalue weighted by Crippen LogP contribution is 2.33. The van der Waals surface area contributed by atoms with Crippen molar-refractivity contribution in [2.75, 3.05) is 18.5 Å². The quantitative estimate of drug-likeness (QED) is 0.801. The number of fused-ring (bicyclic) bond motifs is 2. The van der Waals surface area contributed by atoms with Gasteiger partial charge >= 0.3 is 0 Å². The van der Waals surface area contributed by atoms with Gasteiger partial charge < -0.3 is 10.1 Å². The molecule has 1 aliphatic heterocycles. The number of nitrogens with zero attached hydrogens (tertiary/aromatic N) is 2. The first-order valence-electron chi connectivity index (χ1n) is 7.57. The van der Waals surface area contributed by atoms with Crippen LogP contribution in [0.15, 0.2) is 54.9 Å². The average molecular weight is 291 g/mol. The summed E-state index contributed by atoms with van der Waals surface area (Å²) in [5.41, 5.74) is 2.24. The van der Waals surface area contributed by atoms with Gasteiger partial charge in [-0.2, -0.15) is 0 Å². The summed E-state index contributed by atoms with van der Waals surface area (Å²) in [6.07, 6.45) is 2.63. The van der Waals surface area contributed by atoms with Crippen LogP contribution in [-0.2, 0) is 0 Å². The fourth-order valence-electron chi connectivity index (χ4n) is 2.99. The minimum absolute atomic E-state index is 0.443. The zero-order chi connectivity index (χ0) is 14.8. The van der Waals surface area contributed by atoms with Gasteiger partial charge in [-0.3, -0.25) is 0 Å². The van der Waals surface area contributed by atoms with Crippen LogP contribution in [0.3, 0.4) is 0 Å². The van der Waals surface area contributed by atoms with Crippen molar-refractivity contribution in [3.05, 3.63) is 60.4 Å². The van der Waals surface area contributed by atoms with E-state index in [0.29, 0.717) is 5.92 Å². The number of hydrogen-bond acceptors (Lipinski definition) is 4. The fourth-order valence-corrected chi connectivity index (χ4v) is 2.99. The molecule has 3 aromatic rings. The van der Waals surface area contributed by atoms with Crippen LogP contribution in [0, 0.1) is 0 Å². The van der Waals surface area contributed by atoms with Gasteiger partial charge in [0.1, 0.15) is 17.9 Å². The normalized spacial score (nSPS) is 16.8. The van der Waals surface area contributed by atoms with E-state index in [1.165, 1.54) is 5.56 Å². The molecule has 0 aliphatic carbocycles. The molecule has 22 heavy (non-hydrogen) atoms. The molecular formula is C18H17N3O. The molecule has 4 heteroatoms. The molecule has 0 fully saturated rings. The Morgan fingerprint density at radius 2 is 1.91 bits per heavy atom. The van der Waals surface area contributed by atoms with E-state index in [9.17, 15) is 0 Å². The van der Waals surface area contributed by atoms with Crippen molar-refractivity contribution in [1.29, 1.82) is 0 Å². The van der Waals surface area contributed by atoms with E-state index >= 15 is 0 Å². The van der Waals surface area contributed by atoms with Crippen molar-refractivity contribution < 1.29 is 4.74 Å². The van der Waals surface area contributed by atoms with E-state index in [1.54, 1.807) is 6.33 Å². The number of rotatable bonds is 3. The molecule has 1 atom stereocenters. The third-order valence-corrected chi connectivity index (χ3v) is 4.14. The Morgan fingerprint density at radius 3 is 2.91 bits per heavy atom. The Kier molecular flexibility index (Phi) is 3.35. The summed E-state index contributed by atoms with van der Waals surface area (Å²) < 4.78 is 5.72. The highest BCUT2D eigenvalue weighted by molar-refractivity contribution is 5.88. The maximum Gasteiger partial charge on any atom is 0.137 e. The molecule has 1 unspecified atom stereocenters. The predicted molar refractivity (Wildman–Crippen MR) is 87.3 cm³/mol. The van der Waals surface area contributed by atoms with Gasteiger partial charge in [-0.05, 0) is 30.2 Å². The molecule has 2 heterocycles. The maximum atomic E-state index is 5.72. The fraction of sp³-hybridized carbons (Fsp3) is 0.222. The van der Waals surface area contributed by atoms with E-state index in [4.69, 9.17) is 4.74 Å². The number of para-hydroxylation sites is 2. The summed E-state index contributed by atoms with van der Waals surface area (Å²) in [6.45, 7) is 1.62. The Labute approximate surface area is 129 Å². The highest BCUT2D eigenvalue weighted by Gasteiger charge is 2.21. The molecule has 0 spiro atoms. The first kappa shape index (κ1) is 13.1. The molecule has 1 aromatic heterocycles. The lowest BCUT2D eigenvalue weighted by atomic mass is 9.93. The second-order valence-corrected chi connectivity index (χ2v) is 5.49. The number of aromatic nitrogens is 2. The van der Waals surface area contributed by atoms with Crippen LogP contribution in [0.1, 0.15) is 17.9 Å². The molecule has 1 N–H and O–H groups in total. The molecule has 4 rings (SSSR count). The van der Waals surface area contributed by atoms with Gasteiger partial charge in [0, 0.05) is 17.8 Å². The third-order valence-electron chi connectivity index (χ3n) is 4.14. The topological polar surface area (TPSA) is 47.0 Å². The molecule has 2 aromatic carbocycles. The molecule has 0 bridgehead atoms. The Bertz CT molecular complexity index is 798. The van der Waals surface area contributed by atoms with Crippen LogP contribution in [-0.4, -0.2) is 23.1 Å². The van der Waals surface area contributed by atoms with Gasteiger partial charge in [-0.1, -0.05) is 30.3 Å². The lowest BCUT2D eigenvalue weighted by Crippen LogP contribution is -2.21. The highest BCUT2D eigenvalue weighted by atomic mass is 16.5. The standard InChI is InChI=1S/C18H17N3O/c1-3-7-16-15(6-1)18(21-12-20-16)19-11-13-9-10-22-17-8-4-2-5-14(13)17/h1-8,12-13H,9-11H2,(H,19,20,21). The monoisotopic (exact) mass is 291 g/mol. The lowest BCUT2D eigenvalue weighted by Gasteiger charge is -2.26. The number of nitrogens with one attached hydrogen (secondary N) is 1. The zero-order valence-electron chi connectivity index (χ0n) is 12.2. The lowest BCUT2D eigenvalue weighted by molar-refractivity contribution is 0.270. The van der Waals surface area contributed by atoms with Crippen molar-refractivity contribution in [3.8, 4) is 5.75 Å². The smallest absolute Gasteiger partial charge is 0.137 e. The van der Waals surface area contributed by atoms with Crippen LogP contribution < -0.4 is 10.1 Å². The van der Waals surface area contributed by atoms with Gasteiger partial charge in [0.25, 0.3) is 0 Å². The summed E-state index contributed by atoms with van der Waals surface area (Å²) in [4.78, 5) is 8.70.